The molecule has 1 aromatic carbocycles. The van der Waals surface area contributed by atoms with E-state index in [0.29, 0.717) is 12.3 Å². The second-order valence-electron chi connectivity index (χ2n) is 8.19. The Kier molecular flexibility index (Phi) is 4.53. The molecule has 2 saturated heterocycles. The van der Waals surface area contributed by atoms with Gasteiger partial charge in [0.05, 0.1) is 0 Å². The molecule has 0 aromatic heterocycles. The van der Waals surface area contributed by atoms with Crippen LogP contribution in [0.3, 0.4) is 0 Å². The first-order valence-corrected chi connectivity index (χ1v) is 9.77. The molecule has 1 aliphatic carbocycles. The van der Waals surface area contributed by atoms with Crippen LogP contribution in [0.1, 0.15) is 55.3 Å². The second-order valence-corrected chi connectivity index (χ2v) is 8.19. The van der Waals surface area contributed by atoms with Crippen LogP contribution in [0.4, 0.5) is 0 Å². The lowest BCUT2D eigenvalue weighted by Crippen LogP contribution is -2.43. The Labute approximate surface area is 150 Å². The van der Waals surface area contributed by atoms with Gasteiger partial charge < -0.3 is 9.80 Å². The smallest absolute Gasteiger partial charge is 0.253 e. The first-order valence-electron chi connectivity index (χ1n) is 9.77. The highest BCUT2D eigenvalue weighted by atomic mass is 16.2. The molecule has 3 aliphatic rings. The molecule has 2 heterocycles. The lowest BCUT2D eigenvalue weighted by molar-refractivity contribution is -0.130. The minimum atomic E-state index is 0.149. The third-order valence-electron chi connectivity index (χ3n) is 6.44. The maximum Gasteiger partial charge on any atom is 0.253 e. The molecule has 2 aliphatic heterocycles. The summed E-state index contributed by atoms with van der Waals surface area (Å²) in [5.74, 6) is 1.27. The summed E-state index contributed by atoms with van der Waals surface area (Å²) in [6, 6.07) is 9.57. The first-order chi connectivity index (χ1) is 12.2. The molecule has 1 aromatic rings. The molecule has 4 heteroatoms. The fourth-order valence-electron chi connectivity index (χ4n) is 4.40. The van der Waals surface area contributed by atoms with E-state index >= 15 is 0 Å². The van der Waals surface area contributed by atoms with E-state index in [-0.39, 0.29) is 11.3 Å². The van der Waals surface area contributed by atoms with Gasteiger partial charge >= 0.3 is 0 Å². The number of piperidine rings is 1. The van der Waals surface area contributed by atoms with Gasteiger partial charge in [-0.05, 0) is 62.0 Å². The van der Waals surface area contributed by atoms with E-state index in [2.05, 4.69) is 4.90 Å². The first kappa shape index (κ1) is 16.6. The summed E-state index contributed by atoms with van der Waals surface area (Å²) in [4.78, 5) is 29.2. The van der Waals surface area contributed by atoms with Crippen LogP contribution in [0.5, 0.6) is 0 Å². The number of amides is 2. The predicted octanol–water partition coefficient (Wildman–Crippen LogP) is 3.33. The summed E-state index contributed by atoms with van der Waals surface area (Å²) in [5, 5.41) is 0. The molecule has 1 spiro atoms. The van der Waals surface area contributed by atoms with Gasteiger partial charge in [-0.25, -0.2) is 0 Å². The molecule has 25 heavy (non-hydrogen) atoms. The van der Waals surface area contributed by atoms with Crippen LogP contribution < -0.4 is 0 Å². The molecule has 0 atom stereocenters. The van der Waals surface area contributed by atoms with E-state index in [1.807, 2.05) is 35.2 Å². The minimum Gasteiger partial charge on any atom is -0.342 e. The molecule has 2 amide bonds. The fraction of sp³-hybridized carbons (Fsp3) is 0.619. The highest BCUT2D eigenvalue weighted by Gasteiger charge is 2.39. The summed E-state index contributed by atoms with van der Waals surface area (Å²) in [7, 11) is 0. The molecule has 0 N–H and O–H groups in total. The fourth-order valence-corrected chi connectivity index (χ4v) is 4.40. The molecule has 1 saturated carbocycles. The number of likely N-dealkylation sites (tertiary alicyclic amines) is 2. The SMILES string of the molecule is O=C1CCC2(CCN1CC1CC1)CCN(C(=O)c1ccccc1)CC2. The van der Waals surface area contributed by atoms with Gasteiger partial charge in [-0.15, -0.1) is 0 Å². The van der Waals surface area contributed by atoms with Crippen molar-refractivity contribution in [1.29, 1.82) is 0 Å². The highest BCUT2D eigenvalue weighted by Crippen LogP contribution is 2.42. The molecule has 4 nitrogen and oxygen atoms in total. The van der Waals surface area contributed by atoms with Crippen molar-refractivity contribution in [3.63, 3.8) is 0 Å². The zero-order valence-electron chi connectivity index (χ0n) is 15.0. The molecule has 134 valence electrons. The number of hydrogen-bond donors (Lipinski definition) is 0. The molecule has 3 fully saturated rings. The van der Waals surface area contributed by atoms with Crippen LogP contribution in [0.15, 0.2) is 30.3 Å². The number of rotatable bonds is 3. The van der Waals surface area contributed by atoms with Gasteiger partial charge in [-0.3, -0.25) is 9.59 Å². The third kappa shape index (κ3) is 3.73. The zero-order valence-corrected chi connectivity index (χ0v) is 15.0. The van der Waals surface area contributed by atoms with Crippen molar-refractivity contribution in [1.82, 2.24) is 9.80 Å². The lowest BCUT2D eigenvalue weighted by Gasteiger charge is -2.41. The van der Waals surface area contributed by atoms with Crippen molar-refractivity contribution in [2.24, 2.45) is 11.3 Å². The maximum atomic E-state index is 12.6. The van der Waals surface area contributed by atoms with Gasteiger partial charge in [0.1, 0.15) is 0 Å². The third-order valence-corrected chi connectivity index (χ3v) is 6.44. The molecular formula is C21H28N2O2. The Hall–Kier alpha value is -1.84. The Morgan fingerprint density at radius 2 is 1.68 bits per heavy atom. The van der Waals surface area contributed by atoms with Crippen LogP contribution in [0.25, 0.3) is 0 Å². The van der Waals surface area contributed by atoms with Crippen LogP contribution in [0, 0.1) is 11.3 Å². The van der Waals surface area contributed by atoms with Crippen molar-refractivity contribution in [3.05, 3.63) is 35.9 Å². The Balaban J connectivity index is 1.35. The molecule has 0 radical (unpaired) electrons. The second kappa shape index (κ2) is 6.81. The predicted molar refractivity (Wildman–Crippen MR) is 97.2 cm³/mol. The lowest BCUT2D eigenvalue weighted by atomic mass is 9.73. The molecule has 4 rings (SSSR count). The Bertz CT molecular complexity index is 631. The average molecular weight is 340 g/mol. The van der Waals surface area contributed by atoms with E-state index in [1.54, 1.807) is 0 Å². The van der Waals surface area contributed by atoms with Crippen molar-refractivity contribution in [2.75, 3.05) is 26.2 Å². The van der Waals surface area contributed by atoms with Gasteiger partial charge in [0.15, 0.2) is 0 Å². The summed E-state index contributed by atoms with van der Waals surface area (Å²) in [6.07, 6.45) is 7.47. The molecule has 0 unspecified atom stereocenters. The largest absolute Gasteiger partial charge is 0.342 e. The summed E-state index contributed by atoms with van der Waals surface area (Å²) >= 11 is 0. The van der Waals surface area contributed by atoms with E-state index in [4.69, 9.17) is 0 Å². The number of carbonyl (C=O) groups is 2. The molecular weight excluding hydrogens is 312 g/mol. The molecule has 0 bridgehead atoms. The van der Waals surface area contributed by atoms with Gasteiger partial charge in [0.25, 0.3) is 5.91 Å². The summed E-state index contributed by atoms with van der Waals surface area (Å²) in [5.41, 5.74) is 1.05. The van der Waals surface area contributed by atoms with E-state index in [1.165, 1.54) is 12.8 Å². The van der Waals surface area contributed by atoms with Gasteiger partial charge in [0, 0.05) is 38.2 Å². The number of carbonyl (C=O) groups excluding carboxylic acids is 2. The normalized spacial score (nSPS) is 23.6. The van der Waals surface area contributed by atoms with Gasteiger partial charge in [0.2, 0.25) is 5.91 Å². The zero-order chi connectivity index (χ0) is 17.3. The summed E-state index contributed by atoms with van der Waals surface area (Å²) < 4.78 is 0. The van der Waals surface area contributed by atoms with Crippen LogP contribution in [-0.2, 0) is 4.79 Å². The van der Waals surface area contributed by atoms with Crippen molar-refractivity contribution >= 4 is 11.8 Å². The number of benzene rings is 1. The Morgan fingerprint density at radius 3 is 2.36 bits per heavy atom. The van der Waals surface area contributed by atoms with Gasteiger partial charge in [-0.1, -0.05) is 18.2 Å². The summed E-state index contributed by atoms with van der Waals surface area (Å²) in [6.45, 7) is 3.55. The van der Waals surface area contributed by atoms with Gasteiger partial charge in [-0.2, -0.15) is 0 Å². The van der Waals surface area contributed by atoms with Crippen LogP contribution >= 0.6 is 0 Å². The van der Waals surface area contributed by atoms with Crippen LogP contribution in [0.2, 0.25) is 0 Å². The van der Waals surface area contributed by atoms with Crippen molar-refractivity contribution in [2.45, 2.75) is 44.9 Å². The highest BCUT2D eigenvalue weighted by molar-refractivity contribution is 5.94. The maximum absolute atomic E-state index is 12.6. The Morgan fingerprint density at radius 1 is 1.00 bits per heavy atom. The average Bonchev–Trinajstić information content (AvgIpc) is 3.49. The number of nitrogens with zero attached hydrogens (tertiary/aromatic N) is 2. The standard InChI is InChI=1S/C21H28N2O2/c24-19-8-9-21(12-15-23(19)16-17-6-7-17)10-13-22(14-11-21)20(25)18-4-2-1-3-5-18/h1-5,17H,6-16H2. The van der Waals surface area contributed by atoms with E-state index in [0.717, 1.165) is 63.3 Å². The monoisotopic (exact) mass is 340 g/mol. The quantitative estimate of drug-likeness (QED) is 0.847. The minimum absolute atomic E-state index is 0.149. The topological polar surface area (TPSA) is 40.6 Å². The van der Waals surface area contributed by atoms with E-state index in [9.17, 15) is 9.59 Å². The van der Waals surface area contributed by atoms with E-state index < -0.39 is 0 Å². The van der Waals surface area contributed by atoms with Crippen molar-refractivity contribution < 1.29 is 9.59 Å². The van der Waals surface area contributed by atoms with Crippen LogP contribution in [-0.4, -0.2) is 47.8 Å². The van der Waals surface area contributed by atoms with Crippen molar-refractivity contribution in [3.8, 4) is 0 Å². The number of hydrogen-bond acceptors (Lipinski definition) is 2.